The Balaban J connectivity index is 1.63. The van der Waals surface area contributed by atoms with Gasteiger partial charge in [0.25, 0.3) is 11.8 Å². The lowest BCUT2D eigenvalue weighted by Gasteiger charge is -2.34. The van der Waals surface area contributed by atoms with Gasteiger partial charge in [0.15, 0.2) is 5.69 Å². The van der Waals surface area contributed by atoms with E-state index >= 15 is 0 Å². The quantitative estimate of drug-likeness (QED) is 0.697. The van der Waals surface area contributed by atoms with Crippen LogP contribution in [0.1, 0.15) is 47.7 Å². The summed E-state index contributed by atoms with van der Waals surface area (Å²) in [5, 5.41) is 19.6. The number of aromatic nitrogens is 2. The molecule has 0 aliphatic carbocycles. The molecule has 24 heavy (non-hydrogen) atoms. The summed E-state index contributed by atoms with van der Waals surface area (Å²) < 4.78 is 1.41. The molecule has 0 spiro atoms. The molecule has 1 aromatic rings. The fourth-order valence-electron chi connectivity index (χ4n) is 3.23. The van der Waals surface area contributed by atoms with Gasteiger partial charge >= 0.3 is 0 Å². The van der Waals surface area contributed by atoms with Gasteiger partial charge in [-0.1, -0.05) is 0 Å². The minimum Gasteiger partial charge on any atom is -0.389 e. The number of hydrogen-bond donors (Lipinski definition) is 3. The first-order chi connectivity index (χ1) is 11.4. The van der Waals surface area contributed by atoms with Crippen molar-refractivity contribution >= 4 is 11.8 Å². The molecule has 8 nitrogen and oxygen atoms in total. The molecule has 132 valence electrons. The van der Waals surface area contributed by atoms with Gasteiger partial charge in [0.2, 0.25) is 0 Å². The van der Waals surface area contributed by atoms with E-state index in [0.717, 1.165) is 25.9 Å². The Morgan fingerprint density at radius 3 is 2.79 bits per heavy atom. The minimum absolute atomic E-state index is 0.133. The summed E-state index contributed by atoms with van der Waals surface area (Å²) in [6.45, 7) is 6.69. The van der Waals surface area contributed by atoms with Gasteiger partial charge < -0.3 is 20.6 Å². The third-order valence-corrected chi connectivity index (χ3v) is 4.72. The first kappa shape index (κ1) is 16.9. The molecule has 3 N–H and O–H groups in total. The number of nitrogens with zero attached hydrogens (tertiary/aromatic N) is 3. The van der Waals surface area contributed by atoms with Crippen molar-refractivity contribution in [3.8, 4) is 0 Å². The molecule has 8 heteroatoms. The zero-order chi connectivity index (χ0) is 17.3. The smallest absolute Gasteiger partial charge is 0.272 e. The van der Waals surface area contributed by atoms with Gasteiger partial charge in [0.1, 0.15) is 5.69 Å². The Morgan fingerprint density at radius 2 is 2.12 bits per heavy atom. The topological polar surface area (TPSA) is 99.5 Å². The van der Waals surface area contributed by atoms with E-state index in [1.54, 1.807) is 0 Å². The summed E-state index contributed by atoms with van der Waals surface area (Å²) in [5.41, 5.74) is 0.534. The summed E-state index contributed by atoms with van der Waals surface area (Å²) in [4.78, 5) is 26.8. The maximum atomic E-state index is 12.4. The first-order valence-electron chi connectivity index (χ1n) is 8.53. The maximum Gasteiger partial charge on any atom is 0.272 e. The molecule has 2 aliphatic heterocycles. The molecular formula is C16H25N5O3. The Kier molecular flexibility index (Phi) is 4.86. The second kappa shape index (κ2) is 6.90. The van der Waals surface area contributed by atoms with Crippen molar-refractivity contribution in [1.29, 1.82) is 0 Å². The molecule has 0 saturated carbocycles. The lowest BCUT2D eigenvalue weighted by molar-refractivity contribution is 0.0893. The number of carbonyl (C=O) groups is 2. The van der Waals surface area contributed by atoms with Crippen LogP contribution in [0.4, 0.5) is 0 Å². The number of likely N-dealkylation sites (tertiary alicyclic amines) is 1. The lowest BCUT2D eigenvalue weighted by Crippen LogP contribution is -2.46. The van der Waals surface area contributed by atoms with Gasteiger partial charge in [-0.05, 0) is 26.7 Å². The minimum atomic E-state index is -0.702. The Labute approximate surface area is 141 Å². The molecule has 2 aliphatic rings. The fraction of sp³-hybridized carbons (Fsp3) is 0.688. The molecule has 1 fully saturated rings. The van der Waals surface area contributed by atoms with E-state index in [2.05, 4.69) is 34.5 Å². The molecule has 3 rings (SSSR count). The summed E-state index contributed by atoms with van der Waals surface area (Å²) in [7, 11) is 0. The number of β-amino-alcohol motifs (C(OH)–C–C–N with tert-alkyl or cyclic N) is 1. The average molecular weight is 335 g/mol. The number of amides is 2. The van der Waals surface area contributed by atoms with Crippen LogP contribution in [0.25, 0.3) is 0 Å². The monoisotopic (exact) mass is 335 g/mol. The van der Waals surface area contributed by atoms with Gasteiger partial charge in [-0.25, -0.2) is 0 Å². The van der Waals surface area contributed by atoms with Crippen molar-refractivity contribution in [2.75, 3.05) is 19.6 Å². The van der Waals surface area contributed by atoms with E-state index in [-0.39, 0.29) is 36.6 Å². The Hall–Kier alpha value is -1.93. The third kappa shape index (κ3) is 3.59. The zero-order valence-electron chi connectivity index (χ0n) is 14.2. The van der Waals surface area contributed by atoms with Crippen molar-refractivity contribution in [2.45, 2.75) is 51.4 Å². The predicted molar refractivity (Wildman–Crippen MR) is 87.8 cm³/mol. The number of fused-ring (bicyclic) bond motifs is 1. The predicted octanol–water partition coefficient (Wildman–Crippen LogP) is -0.410. The Bertz CT molecular complexity index is 619. The largest absolute Gasteiger partial charge is 0.389 e. The van der Waals surface area contributed by atoms with E-state index in [4.69, 9.17) is 0 Å². The lowest BCUT2D eigenvalue weighted by atomic mass is 10.0. The second-order valence-corrected chi connectivity index (χ2v) is 6.84. The fourth-order valence-corrected chi connectivity index (χ4v) is 3.23. The summed E-state index contributed by atoms with van der Waals surface area (Å²) in [6.07, 6.45) is 1.12. The van der Waals surface area contributed by atoms with Crippen LogP contribution in [0.15, 0.2) is 6.07 Å². The summed E-state index contributed by atoms with van der Waals surface area (Å²) in [6, 6.07) is 2.15. The van der Waals surface area contributed by atoms with Gasteiger partial charge in [0, 0.05) is 37.8 Å². The highest BCUT2D eigenvalue weighted by Gasteiger charge is 2.26. The molecule has 3 heterocycles. The van der Waals surface area contributed by atoms with E-state index in [9.17, 15) is 14.7 Å². The molecule has 0 bridgehead atoms. The van der Waals surface area contributed by atoms with E-state index < -0.39 is 6.10 Å². The number of rotatable bonds is 3. The van der Waals surface area contributed by atoms with Crippen molar-refractivity contribution in [2.24, 2.45) is 0 Å². The molecule has 1 unspecified atom stereocenters. The van der Waals surface area contributed by atoms with Crippen LogP contribution in [0, 0.1) is 0 Å². The van der Waals surface area contributed by atoms with Gasteiger partial charge in [-0.2, -0.15) is 5.10 Å². The average Bonchev–Trinajstić information content (AvgIpc) is 2.91. The van der Waals surface area contributed by atoms with Crippen molar-refractivity contribution in [1.82, 2.24) is 25.3 Å². The second-order valence-electron chi connectivity index (χ2n) is 6.84. The van der Waals surface area contributed by atoms with E-state index in [1.807, 2.05) is 0 Å². The highest BCUT2D eigenvalue weighted by atomic mass is 16.3. The van der Waals surface area contributed by atoms with Crippen LogP contribution < -0.4 is 10.6 Å². The van der Waals surface area contributed by atoms with Crippen molar-refractivity contribution in [3.63, 3.8) is 0 Å². The number of aliphatic hydroxyl groups excluding tert-OH is 1. The zero-order valence-corrected chi connectivity index (χ0v) is 14.2. The van der Waals surface area contributed by atoms with Crippen molar-refractivity contribution in [3.05, 3.63) is 17.5 Å². The molecule has 0 aromatic carbocycles. The van der Waals surface area contributed by atoms with Crippen molar-refractivity contribution < 1.29 is 14.7 Å². The highest BCUT2D eigenvalue weighted by molar-refractivity contribution is 5.98. The normalized spacial score (nSPS) is 22.8. The summed E-state index contributed by atoms with van der Waals surface area (Å²) >= 11 is 0. The van der Waals surface area contributed by atoms with Crippen LogP contribution in [-0.2, 0) is 6.54 Å². The molecule has 1 atom stereocenters. The summed E-state index contributed by atoms with van der Waals surface area (Å²) in [5.74, 6) is -0.579. The van der Waals surface area contributed by atoms with Gasteiger partial charge in [0.05, 0.1) is 12.6 Å². The number of piperidine rings is 1. The van der Waals surface area contributed by atoms with Crippen LogP contribution in [0.3, 0.4) is 0 Å². The van der Waals surface area contributed by atoms with Crippen LogP contribution in [0.5, 0.6) is 0 Å². The van der Waals surface area contributed by atoms with E-state index in [1.165, 1.54) is 10.7 Å². The third-order valence-electron chi connectivity index (χ3n) is 4.72. The Morgan fingerprint density at radius 1 is 1.42 bits per heavy atom. The standard InChI is InChI=1S/C16H25N5O3/c1-10(2)20-5-3-11(4-6-20)18-15(23)13-7-14-16(24)17-8-12(22)9-21(14)19-13/h7,10-12,22H,3-6,8-9H2,1-2H3,(H,17,24)(H,18,23). The molecule has 1 aromatic heterocycles. The van der Waals surface area contributed by atoms with Gasteiger partial charge in [-0.3, -0.25) is 14.3 Å². The molecule has 2 amide bonds. The van der Waals surface area contributed by atoms with Crippen LogP contribution in [0.2, 0.25) is 0 Å². The van der Waals surface area contributed by atoms with E-state index in [0.29, 0.717) is 11.7 Å². The number of nitrogens with one attached hydrogen (secondary N) is 2. The SMILES string of the molecule is CC(C)N1CCC(NC(=O)c2cc3n(n2)CC(O)CNC3=O)CC1. The van der Waals surface area contributed by atoms with Crippen LogP contribution >= 0.6 is 0 Å². The first-order valence-corrected chi connectivity index (χ1v) is 8.53. The number of aliphatic hydroxyl groups is 1. The molecule has 1 saturated heterocycles. The number of carbonyl (C=O) groups excluding carboxylic acids is 2. The molecular weight excluding hydrogens is 310 g/mol. The van der Waals surface area contributed by atoms with Gasteiger partial charge in [-0.15, -0.1) is 0 Å². The number of hydrogen-bond acceptors (Lipinski definition) is 5. The molecule has 0 radical (unpaired) electrons. The highest BCUT2D eigenvalue weighted by Crippen LogP contribution is 2.14. The van der Waals surface area contributed by atoms with Crippen LogP contribution in [-0.4, -0.2) is 69.4 Å². The maximum absolute atomic E-state index is 12.4.